The molecule has 164 valence electrons. The van der Waals surface area contributed by atoms with Gasteiger partial charge in [-0.2, -0.15) is 0 Å². The van der Waals surface area contributed by atoms with E-state index in [0.717, 1.165) is 11.1 Å². The van der Waals surface area contributed by atoms with E-state index >= 15 is 0 Å². The average Bonchev–Trinajstić information content (AvgIpc) is 2.72. The predicted molar refractivity (Wildman–Crippen MR) is 117 cm³/mol. The van der Waals surface area contributed by atoms with Gasteiger partial charge in [0.15, 0.2) is 0 Å². The lowest BCUT2D eigenvalue weighted by atomic mass is 9.93. The van der Waals surface area contributed by atoms with E-state index in [9.17, 15) is 14.4 Å². The summed E-state index contributed by atoms with van der Waals surface area (Å²) < 4.78 is 10.2. The van der Waals surface area contributed by atoms with Crippen LogP contribution in [0.2, 0.25) is 0 Å². The first kappa shape index (κ1) is 22.3. The fraction of sp³-hybridized carbons (Fsp3) is 0.375. The molecule has 1 N–H and O–H groups in total. The summed E-state index contributed by atoms with van der Waals surface area (Å²) in [6, 6.07) is 13.6. The van der Waals surface area contributed by atoms with Crippen molar-refractivity contribution >= 4 is 23.7 Å². The van der Waals surface area contributed by atoms with Crippen LogP contribution in [0.4, 0.5) is 10.5 Å². The fourth-order valence-corrected chi connectivity index (χ4v) is 3.64. The number of rotatable bonds is 4. The normalized spacial score (nSPS) is 16.9. The van der Waals surface area contributed by atoms with Crippen LogP contribution in [-0.4, -0.2) is 36.7 Å². The van der Waals surface area contributed by atoms with Crippen LogP contribution in [0.25, 0.3) is 0 Å². The molecule has 1 aliphatic rings. The number of methoxy groups -OCH3 is 1. The van der Waals surface area contributed by atoms with Gasteiger partial charge in [-0.1, -0.05) is 36.4 Å². The lowest BCUT2D eigenvalue weighted by molar-refractivity contribution is -0.121. The zero-order valence-electron chi connectivity index (χ0n) is 18.5. The van der Waals surface area contributed by atoms with E-state index < -0.39 is 23.7 Å². The van der Waals surface area contributed by atoms with Gasteiger partial charge in [-0.25, -0.2) is 9.59 Å². The Morgan fingerprint density at radius 3 is 2.42 bits per heavy atom. The second-order valence-electron chi connectivity index (χ2n) is 8.53. The summed E-state index contributed by atoms with van der Waals surface area (Å²) in [6.07, 6.45) is -0.347. The van der Waals surface area contributed by atoms with Gasteiger partial charge in [0, 0.05) is 12.1 Å². The molecule has 7 nitrogen and oxygen atoms in total. The summed E-state index contributed by atoms with van der Waals surface area (Å²) in [4.78, 5) is 39.5. The summed E-state index contributed by atoms with van der Waals surface area (Å²) in [7, 11) is 1.32. The molecule has 0 fully saturated rings. The molecule has 0 radical (unpaired) electrons. The van der Waals surface area contributed by atoms with Crippen molar-refractivity contribution in [3.63, 3.8) is 0 Å². The Morgan fingerprint density at radius 2 is 1.81 bits per heavy atom. The van der Waals surface area contributed by atoms with Crippen LogP contribution in [0.3, 0.4) is 0 Å². The highest BCUT2D eigenvalue weighted by Crippen LogP contribution is 2.36. The molecule has 2 aromatic rings. The van der Waals surface area contributed by atoms with Gasteiger partial charge in [-0.15, -0.1) is 0 Å². The van der Waals surface area contributed by atoms with Gasteiger partial charge < -0.3 is 19.7 Å². The number of fused-ring (bicyclic) bond motifs is 1. The number of carbonyl (C=O) groups excluding carboxylic acids is 3. The third-order valence-corrected chi connectivity index (χ3v) is 5.09. The zero-order valence-corrected chi connectivity index (χ0v) is 18.5. The Labute approximate surface area is 182 Å². The van der Waals surface area contributed by atoms with Crippen molar-refractivity contribution in [1.82, 2.24) is 5.32 Å². The lowest BCUT2D eigenvalue weighted by Crippen LogP contribution is -2.54. The Hall–Kier alpha value is -3.35. The first-order valence-corrected chi connectivity index (χ1v) is 10.2. The Morgan fingerprint density at radius 1 is 1.13 bits per heavy atom. The van der Waals surface area contributed by atoms with Gasteiger partial charge in [-0.3, -0.25) is 4.79 Å². The van der Waals surface area contributed by atoms with E-state index in [-0.39, 0.29) is 11.9 Å². The number of carbonyl (C=O) groups is 3. The molecule has 0 aromatic heterocycles. The van der Waals surface area contributed by atoms with Gasteiger partial charge in [0.1, 0.15) is 11.6 Å². The standard InChI is InChI=1S/C24H28N2O5/c1-15(16-9-7-6-8-10-16)26-20-14-18(22(28)30-5)12-11-17(20)13-19(21(26)27)25-23(29)31-24(2,3)4/h6-12,14-15,19H,13H2,1-5H3,(H,25,29)/t15-,19+/m0/s1. The van der Waals surface area contributed by atoms with Gasteiger partial charge in [-0.05, 0) is 51.0 Å². The minimum absolute atomic E-state index is 0.267. The van der Waals surface area contributed by atoms with E-state index in [2.05, 4.69) is 5.32 Å². The van der Waals surface area contributed by atoms with E-state index in [1.807, 2.05) is 37.3 Å². The maximum atomic E-state index is 13.5. The van der Waals surface area contributed by atoms with Crippen molar-refractivity contribution in [3.8, 4) is 0 Å². The second kappa shape index (κ2) is 8.79. The largest absolute Gasteiger partial charge is 0.465 e. The molecule has 0 unspecified atom stereocenters. The molecule has 2 aromatic carbocycles. The number of alkyl carbamates (subject to hydrolysis) is 1. The molecule has 31 heavy (non-hydrogen) atoms. The Balaban J connectivity index is 2.00. The van der Waals surface area contributed by atoms with E-state index in [0.29, 0.717) is 17.7 Å². The lowest BCUT2D eigenvalue weighted by Gasteiger charge is -2.38. The van der Waals surface area contributed by atoms with Crippen molar-refractivity contribution in [2.24, 2.45) is 0 Å². The summed E-state index contributed by atoms with van der Waals surface area (Å²) in [5.74, 6) is -0.742. The zero-order chi connectivity index (χ0) is 22.8. The van der Waals surface area contributed by atoms with Crippen LogP contribution in [-0.2, 0) is 20.7 Å². The van der Waals surface area contributed by atoms with Gasteiger partial charge in [0.25, 0.3) is 5.91 Å². The molecule has 0 saturated carbocycles. The minimum Gasteiger partial charge on any atom is -0.465 e. The molecule has 0 saturated heterocycles. The number of hydrogen-bond acceptors (Lipinski definition) is 5. The maximum absolute atomic E-state index is 13.5. The van der Waals surface area contributed by atoms with Crippen LogP contribution in [0.5, 0.6) is 0 Å². The van der Waals surface area contributed by atoms with Crippen LogP contribution >= 0.6 is 0 Å². The van der Waals surface area contributed by atoms with Crippen molar-refractivity contribution in [2.75, 3.05) is 12.0 Å². The van der Waals surface area contributed by atoms with Gasteiger partial charge in [0.05, 0.1) is 18.7 Å². The fourth-order valence-electron chi connectivity index (χ4n) is 3.64. The Bertz CT molecular complexity index is 981. The number of nitrogens with one attached hydrogen (secondary N) is 1. The summed E-state index contributed by atoms with van der Waals surface area (Å²) in [5, 5.41) is 2.71. The van der Waals surface area contributed by atoms with E-state index in [4.69, 9.17) is 9.47 Å². The molecule has 2 atom stereocenters. The van der Waals surface area contributed by atoms with Gasteiger partial charge in [0.2, 0.25) is 0 Å². The number of hydrogen-bond donors (Lipinski definition) is 1. The topological polar surface area (TPSA) is 84.9 Å². The van der Waals surface area contributed by atoms with Crippen LogP contribution in [0.15, 0.2) is 48.5 Å². The molecular weight excluding hydrogens is 396 g/mol. The van der Waals surface area contributed by atoms with Crippen molar-refractivity contribution in [2.45, 2.75) is 51.8 Å². The average molecular weight is 424 g/mol. The molecule has 2 amide bonds. The monoisotopic (exact) mass is 424 g/mol. The first-order chi connectivity index (χ1) is 14.6. The third kappa shape index (κ3) is 5.05. The van der Waals surface area contributed by atoms with E-state index in [1.54, 1.807) is 43.9 Å². The van der Waals surface area contributed by atoms with Crippen LogP contribution in [0, 0.1) is 0 Å². The highest BCUT2D eigenvalue weighted by molar-refractivity contribution is 6.03. The highest BCUT2D eigenvalue weighted by Gasteiger charge is 2.38. The van der Waals surface area contributed by atoms with Crippen LogP contribution < -0.4 is 10.2 Å². The smallest absolute Gasteiger partial charge is 0.408 e. The summed E-state index contributed by atoms with van der Waals surface area (Å²) in [6.45, 7) is 7.21. The summed E-state index contributed by atoms with van der Waals surface area (Å²) >= 11 is 0. The molecular formula is C24H28N2O5. The van der Waals surface area contributed by atoms with Crippen molar-refractivity contribution < 1.29 is 23.9 Å². The van der Waals surface area contributed by atoms with Crippen LogP contribution in [0.1, 0.15) is 55.2 Å². The first-order valence-electron chi connectivity index (χ1n) is 10.2. The predicted octanol–water partition coefficient (Wildman–Crippen LogP) is 4.02. The molecule has 3 rings (SSSR count). The molecule has 0 aliphatic carbocycles. The number of anilines is 1. The number of esters is 1. The quantitative estimate of drug-likeness (QED) is 0.750. The van der Waals surface area contributed by atoms with Crippen molar-refractivity contribution in [3.05, 3.63) is 65.2 Å². The molecule has 7 heteroatoms. The number of benzene rings is 2. The number of amides is 2. The number of nitrogens with zero attached hydrogens (tertiary/aromatic N) is 1. The number of ether oxygens (including phenoxy) is 2. The third-order valence-electron chi connectivity index (χ3n) is 5.09. The molecule has 1 heterocycles. The second-order valence-corrected chi connectivity index (χ2v) is 8.53. The molecule has 1 aliphatic heterocycles. The molecule has 0 spiro atoms. The van der Waals surface area contributed by atoms with Gasteiger partial charge >= 0.3 is 12.1 Å². The van der Waals surface area contributed by atoms with Crippen molar-refractivity contribution in [1.29, 1.82) is 0 Å². The Kier molecular flexibility index (Phi) is 6.34. The highest BCUT2D eigenvalue weighted by atomic mass is 16.6. The minimum atomic E-state index is -0.780. The summed E-state index contributed by atoms with van der Waals surface area (Å²) in [5.41, 5.74) is 2.09. The SMILES string of the molecule is COC(=O)c1ccc2c(c1)N([C@@H](C)c1ccccc1)C(=O)[C@H](NC(=O)OC(C)(C)C)C2. The maximum Gasteiger partial charge on any atom is 0.408 e. The molecule has 0 bridgehead atoms. The van der Waals surface area contributed by atoms with E-state index in [1.165, 1.54) is 7.11 Å².